The Morgan fingerprint density at radius 3 is 2.94 bits per heavy atom. The maximum absolute atomic E-state index is 5.41. The Morgan fingerprint density at radius 2 is 2.25 bits per heavy atom. The topological polar surface area (TPSA) is 20.7 Å². The number of H-pyrrole nitrogens is 1. The highest BCUT2D eigenvalue weighted by molar-refractivity contribution is 9.10. The minimum absolute atomic E-state index is 0.516. The normalized spacial score (nSPS) is 17.9. The molecular weight excluding hydrogens is 284 g/mol. The predicted octanol–water partition coefficient (Wildman–Crippen LogP) is 4.43. The zero-order valence-electron chi connectivity index (χ0n) is 9.03. The van der Waals surface area contributed by atoms with Gasteiger partial charge in [-0.15, -0.1) is 0 Å². The molecule has 3 rings (SSSR count). The summed E-state index contributed by atoms with van der Waals surface area (Å²) in [5.74, 6) is 0.814. The fourth-order valence-electron chi connectivity index (χ4n) is 2.30. The molecule has 1 heterocycles. The Hall–Kier alpha value is -0.610. The maximum Gasteiger partial charge on any atom is 0.178 e. The van der Waals surface area contributed by atoms with Crippen LogP contribution in [-0.4, -0.2) is 9.55 Å². The maximum atomic E-state index is 5.41. The first-order chi connectivity index (χ1) is 7.66. The third-order valence-electron chi connectivity index (χ3n) is 3.39. The van der Waals surface area contributed by atoms with Crippen molar-refractivity contribution >= 4 is 39.2 Å². The van der Waals surface area contributed by atoms with Crippen molar-refractivity contribution in [3.8, 4) is 0 Å². The molecule has 16 heavy (non-hydrogen) atoms. The standard InChI is InChI=1S/C12H13BrN2S/c1-7(8-2-3-8)15-11-5-4-9(13)6-10(11)14-12(15)16/h4-8H,2-3H2,1H3,(H,14,16). The molecule has 1 saturated carbocycles. The minimum atomic E-state index is 0.516. The zero-order chi connectivity index (χ0) is 11.3. The molecule has 1 fully saturated rings. The average molecular weight is 297 g/mol. The Labute approximate surface area is 108 Å². The van der Waals surface area contributed by atoms with Crippen LogP contribution in [0.25, 0.3) is 11.0 Å². The van der Waals surface area contributed by atoms with E-state index in [2.05, 4.69) is 50.6 Å². The molecule has 1 N–H and O–H groups in total. The highest BCUT2D eigenvalue weighted by Crippen LogP contribution is 2.40. The SMILES string of the molecule is CC(C1CC1)n1c(=S)[nH]c2cc(Br)ccc21. The molecule has 1 unspecified atom stereocenters. The van der Waals surface area contributed by atoms with Gasteiger partial charge >= 0.3 is 0 Å². The van der Waals surface area contributed by atoms with E-state index in [1.165, 1.54) is 18.4 Å². The first-order valence-electron chi connectivity index (χ1n) is 5.56. The molecule has 84 valence electrons. The largest absolute Gasteiger partial charge is 0.331 e. The summed E-state index contributed by atoms with van der Waals surface area (Å²) in [4.78, 5) is 3.28. The molecule has 0 amide bonds. The van der Waals surface area contributed by atoms with Crippen LogP contribution < -0.4 is 0 Å². The molecule has 1 aromatic carbocycles. The Morgan fingerprint density at radius 1 is 1.50 bits per heavy atom. The Bertz CT molecular complexity index is 595. The molecule has 1 aromatic heterocycles. The average Bonchev–Trinajstić information content (AvgIpc) is 3.01. The van der Waals surface area contributed by atoms with Gasteiger partial charge in [-0.1, -0.05) is 15.9 Å². The summed E-state index contributed by atoms with van der Waals surface area (Å²) in [6.45, 7) is 2.27. The molecule has 4 heteroatoms. The van der Waals surface area contributed by atoms with Crippen LogP contribution in [0.15, 0.2) is 22.7 Å². The van der Waals surface area contributed by atoms with Crippen LogP contribution in [0.3, 0.4) is 0 Å². The van der Waals surface area contributed by atoms with E-state index in [-0.39, 0.29) is 0 Å². The number of halogens is 1. The summed E-state index contributed by atoms with van der Waals surface area (Å²) in [7, 11) is 0. The van der Waals surface area contributed by atoms with Crippen LogP contribution in [0.4, 0.5) is 0 Å². The molecule has 2 nitrogen and oxygen atoms in total. The molecule has 1 aliphatic carbocycles. The van der Waals surface area contributed by atoms with Gasteiger partial charge in [0, 0.05) is 10.5 Å². The van der Waals surface area contributed by atoms with Crippen LogP contribution in [0.1, 0.15) is 25.8 Å². The summed E-state index contributed by atoms with van der Waals surface area (Å²) in [6, 6.07) is 6.80. The molecule has 0 saturated heterocycles. The van der Waals surface area contributed by atoms with Gasteiger partial charge in [0.15, 0.2) is 4.77 Å². The summed E-state index contributed by atoms with van der Waals surface area (Å²) < 4.78 is 4.18. The van der Waals surface area contributed by atoms with Crippen LogP contribution in [-0.2, 0) is 0 Å². The second-order valence-electron chi connectivity index (χ2n) is 4.54. The number of hydrogen-bond donors (Lipinski definition) is 1. The van der Waals surface area contributed by atoms with Gasteiger partial charge in [0.25, 0.3) is 0 Å². The van der Waals surface area contributed by atoms with Crippen molar-refractivity contribution in [2.24, 2.45) is 5.92 Å². The molecular formula is C12H13BrN2S. The lowest BCUT2D eigenvalue weighted by atomic mass is 10.2. The fraction of sp³-hybridized carbons (Fsp3) is 0.417. The van der Waals surface area contributed by atoms with E-state index in [9.17, 15) is 0 Å². The highest BCUT2D eigenvalue weighted by atomic mass is 79.9. The van der Waals surface area contributed by atoms with Crippen molar-refractivity contribution in [3.63, 3.8) is 0 Å². The van der Waals surface area contributed by atoms with Gasteiger partial charge in [0.1, 0.15) is 0 Å². The van der Waals surface area contributed by atoms with Crippen LogP contribution in [0.5, 0.6) is 0 Å². The molecule has 0 bridgehead atoms. The van der Waals surface area contributed by atoms with Crippen LogP contribution in [0, 0.1) is 10.7 Å². The van der Waals surface area contributed by atoms with E-state index in [1.54, 1.807) is 0 Å². The lowest BCUT2D eigenvalue weighted by molar-refractivity contribution is 0.493. The number of aromatic amines is 1. The number of nitrogens with one attached hydrogen (secondary N) is 1. The molecule has 0 radical (unpaired) electrons. The number of fused-ring (bicyclic) bond motifs is 1. The third-order valence-corrected chi connectivity index (χ3v) is 4.18. The van der Waals surface area contributed by atoms with E-state index < -0.39 is 0 Å². The van der Waals surface area contributed by atoms with Crippen molar-refractivity contribution in [3.05, 3.63) is 27.4 Å². The van der Waals surface area contributed by atoms with Gasteiger partial charge in [0.05, 0.1) is 11.0 Å². The fourth-order valence-corrected chi connectivity index (χ4v) is 3.03. The van der Waals surface area contributed by atoms with E-state index in [0.29, 0.717) is 6.04 Å². The Kier molecular flexibility index (Phi) is 2.44. The molecule has 0 spiro atoms. The van der Waals surface area contributed by atoms with Gasteiger partial charge < -0.3 is 9.55 Å². The van der Waals surface area contributed by atoms with E-state index in [0.717, 1.165) is 20.7 Å². The van der Waals surface area contributed by atoms with Crippen molar-refractivity contribution in [2.75, 3.05) is 0 Å². The van der Waals surface area contributed by atoms with Crippen molar-refractivity contribution < 1.29 is 0 Å². The summed E-state index contributed by atoms with van der Waals surface area (Å²) >= 11 is 8.89. The van der Waals surface area contributed by atoms with Crippen LogP contribution >= 0.6 is 28.1 Å². The number of rotatable bonds is 2. The smallest absolute Gasteiger partial charge is 0.178 e. The predicted molar refractivity (Wildman–Crippen MR) is 72.3 cm³/mol. The second kappa shape index (κ2) is 3.70. The lowest BCUT2D eigenvalue weighted by Gasteiger charge is -2.13. The highest BCUT2D eigenvalue weighted by Gasteiger charge is 2.30. The van der Waals surface area contributed by atoms with Gasteiger partial charge in [-0.2, -0.15) is 0 Å². The summed E-state index contributed by atoms with van der Waals surface area (Å²) in [5.41, 5.74) is 2.33. The van der Waals surface area contributed by atoms with E-state index in [4.69, 9.17) is 12.2 Å². The van der Waals surface area contributed by atoms with Crippen LogP contribution in [0.2, 0.25) is 0 Å². The number of imidazole rings is 1. The molecule has 1 aliphatic rings. The number of hydrogen-bond acceptors (Lipinski definition) is 1. The van der Waals surface area contributed by atoms with Crippen molar-refractivity contribution in [2.45, 2.75) is 25.8 Å². The number of aromatic nitrogens is 2. The van der Waals surface area contributed by atoms with Crippen molar-refractivity contribution in [1.82, 2.24) is 9.55 Å². The van der Waals surface area contributed by atoms with Gasteiger partial charge in [-0.3, -0.25) is 0 Å². The van der Waals surface area contributed by atoms with Gasteiger partial charge in [0.2, 0.25) is 0 Å². The lowest BCUT2D eigenvalue weighted by Crippen LogP contribution is -2.06. The van der Waals surface area contributed by atoms with Crippen molar-refractivity contribution in [1.29, 1.82) is 0 Å². The second-order valence-corrected chi connectivity index (χ2v) is 5.84. The Balaban J connectivity index is 2.22. The number of benzene rings is 1. The first kappa shape index (κ1) is 10.5. The van der Waals surface area contributed by atoms with E-state index >= 15 is 0 Å². The van der Waals surface area contributed by atoms with Gasteiger partial charge in [-0.25, -0.2) is 0 Å². The zero-order valence-corrected chi connectivity index (χ0v) is 11.4. The van der Waals surface area contributed by atoms with Gasteiger partial charge in [-0.05, 0) is 56.1 Å². The molecule has 0 aliphatic heterocycles. The minimum Gasteiger partial charge on any atom is -0.331 e. The number of nitrogens with zero attached hydrogens (tertiary/aromatic N) is 1. The summed E-state index contributed by atoms with van der Waals surface area (Å²) in [5, 5.41) is 0. The quantitative estimate of drug-likeness (QED) is 0.813. The summed E-state index contributed by atoms with van der Waals surface area (Å²) in [6.07, 6.45) is 2.68. The monoisotopic (exact) mass is 296 g/mol. The van der Waals surface area contributed by atoms with E-state index in [1.807, 2.05) is 0 Å². The molecule has 2 aromatic rings. The third kappa shape index (κ3) is 1.64. The molecule has 1 atom stereocenters. The first-order valence-corrected chi connectivity index (χ1v) is 6.76.